The first-order chi connectivity index (χ1) is 12.7. The Labute approximate surface area is 154 Å². The minimum Gasteiger partial charge on any atom is -0.378 e. The van der Waals surface area contributed by atoms with Gasteiger partial charge < -0.3 is 15.0 Å². The van der Waals surface area contributed by atoms with Crippen molar-refractivity contribution in [2.24, 2.45) is 0 Å². The molecule has 1 aliphatic rings. The van der Waals surface area contributed by atoms with Gasteiger partial charge in [0.1, 0.15) is 0 Å². The SMILES string of the molecule is O=C(Cc1ccc(Cl)cc1)Nc1ccc(N2CCOCC2)c2nonc12. The molecule has 26 heavy (non-hydrogen) atoms. The van der Waals surface area contributed by atoms with E-state index < -0.39 is 0 Å². The molecular formula is C18H17ClN4O3. The van der Waals surface area contributed by atoms with Crippen molar-refractivity contribution in [3.8, 4) is 0 Å². The monoisotopic (exact) mass is 372 g/mol. The summed E-state index contributed by atoms with van der Waals surface area (Å²) < 4.78 is 10.3. The van der Waals surface area contributed by atoms with Crippen LogP contribution in [0.1, 0.15) is 5.56 Å². The van der Waals surface area contributed by atoms with Gasteiger partial charge in [0.25, 0.3) is 0 Å². The van der Waals surface area contributed by atoms with E-state index in [0.29, 0.717) is 35.0 Å². The van der Waals surface area contributed by atoms with Crippen molar-refractivity contribution >= 4 is 39.9 Å². The number of hydrogen-bond acceptors (Lipinski definition) is 6. The smallest absolute Gasteiger partial charge is 0.228 e. The van der Waals surface area contributed by atoms with Gasteiger partial charge in [0.15, 0.2) is 11.0 Å². The summed E-state index contributed by atoms with van der Waals surface area (Å²) in [5.74, 6) is -0.143. The second-order valence-corrected chi connectivity index (χ2v) is 6.48. The molecule has 1 aliphatic heterocycles. The van der Waals surface area contributed by atoms with E-state index in [-0.39, 0.29) is 12.3 Å². The minimum absolute atomic E-state index is 0.143. The summed E-state index contributed by atoms with van der Waals surface area (Å²) in [5, 5.41) is 11.5. The first-order valence-electron chi connectivity index (χ1n) is 8.33. The number of nitrogens with zero attached hydrogens (tertiary/aromatic N) is 3. The maximum atomic E-state index is 12.4. The lowest BCUT2D eigenvalue weighted by molar-refractivity contribution is -0.115. The topological polar surface area (TPSA) is 80.5 Å². The van der Waals surface area contributed by atoms with Crippen molar-refractivity contribution in [2.45, 2.75) is 6.42 Å². The van der Waals surface area contributed by atoms with Crippen LogP contribution in [0.15, 0.2) is 41.0 Å². The van der Waals surface area contributed by atoms with Crippen LogP contribution in [0, 0.1) is 0 Å². The molecule has 0 aliphatic carbocycles. The summed E-state index contributed by atoms with van der Waals surface area (Å²) in [6.45, 7) is 2.91. The Kier molecular flexibility index (Phi) is 4.73. The molecule has 1 amide bonds. The summed E-state index contributed by atoms with van der Waals surface area (Å²) in [7, 11) is 0. The molecule has 1 fully saturated rings. The Hall–Kier alpha value is -2.64. The molecule has 4 rings (SSSR count). The molecule has 134 valence electrons. The van der Waals surface area contributed by atoms with Crippen LogP contribution < -0.4 is 10.2 Å². The second-order valence-electron chi connectivity index (χ2n) is 6.04. The van der Waals surface area contributed by atoms with Crippen molar-refractivity contribution in [1.82, 2.24) is 10.3 Å². The third kappa shape index (κ3) is 3.49. The normalized spacial score (nSPS) is 14.6. The van der Waals surface area contributed by atoms with Crippen molar-refractivity contribution in [3.05, 3.63) is 47.0 Å². The highest BCUT2D eigenvalue weighted by molar-refractivity contribution is 6.30. The van der Waals surface area contributed by atoms with E-state index in [4.69, 9.17) is 21.0 Å². The van der Waals surface area contributed by atoms with Crippen LogP contribution in [0.2, 0.25) is 5.02 Å². The molecule has 0 saturated carbocycles. The standard InChI is InChI=1S/C18H17ClN4O3/c19-13-3-1-12(2-4-13)11-16(24)20-14-5-6-15(18-17(14)21-26-22-18)23-7-9-25-10-8-23/h1-6H,7-11H2,(H,20,24). The summed E-state index contributed by atoms with van der Waals surface area (Å²) in [5.41, 5.74) is 3.57. The maximum Gasteiger partial charge on any atom is 0.228 e. The van der Waals surface area contributed by atoms with Gasteiger partial charge in [-0.25, -0.2) is 4.63 Å². The number of hydrogen-bond donors (Lipinski definition) is 1. The van der Waals surface area contributed by atoms with Crippen LogP contribution in [-0.4, -0.2) is 42.5 Å². The van der Waals surface area contributed by atoms with Gasteiger partial charge in [-0.15, -0.1) is 0 Å². The zero-order valence-electron chi connectivity index (χ0n) is 13.9. The Morgan fingerprint density at radius 2 is 1.81 bits per heavy atom. The first-order valence-corrected chi connectivity index (χ1v) is 8.71. The zero-order valence-corrected chi connectivity index (χ0v) is 14.7. The Balaban J connectivity index is 1.54. The number of aromatic nitrogens is 2. The molecule has 0 unspecified atom stereocenters. The van der Waals surface area contributed by atoms with Gasteiger partial charge in [0, 0.05) is 18.1 Å². The Bertz CT molecular complexity index is 920. The van der Waals surface area contributed by atoms with Crippen molar-refractivity contribution in [1.29, 1.82) is 0 Å². The molecule has 8 heteroatoms. The van der Waals surface area contributed by atoms with Crippen molar-refractivity contribution in [3.63, 3.8) is 0 Å². The highest BCUT2D eigenvalue weighted by atomic mass is 35.5. The minimum atomic E-state index is -0.143. The molecule has 3 aromatic rings. The average molecular weight is 373 g/mol. The maximum absolute atomic E-state index is 12.4. The largest absolute Gasteiger partial charge is 0.378 e. The lowest BCUT2D eigenvalue weighted by Gasteiger charge is -2.28. The predicted octanol–water partition coefficient (Wildman–Crippen LogP) is 2.89. The number of benzene rings is 2. The van der Waals surface area contributed by atoms with Crippen LogP contribution in [0.3, 0.4) is 0 Å². The van der Waals surface area contributed by atoms with E-state index in [1.807, 2.05) is 24.3 Å². The molecule has 2 heterocycles. The van der Waals surface area contributed by atoms with Crippen LogP contribution in [-0.2, 0) is 16.0 Å². The van der Waals surface area contributed by atoms with Crippen LogP contribution in [0.25, 0.3) is 11.0 Å². The number of ether oxygens (including phenoxy) is 1. The molecule has 0 bridgehead atoms. The number of morpholine rings is 1. The number of halogens is 1. The highest BCUT2D eigenvalue weighted by Crippen LogP contribution is 2.30. The van der Waals surface area contributed by atoms with Crippen LogP contribution in [0.5, 0.6) is 0 Å². The Morgan fingerprint density at radius 1 is 1.08 bits per heavy atom. The van der Waals surface area contributed by atoms with E-state index in [1.54, 1.807) is 12.1 Å². The number of carbonyl (C=O) groups excluding carboxylic acids is 1. The van der Waals surface area contributed by atoms with Gasteiger partial charge in [0.2, 0.25) is 5.91 Å². The number of fused-ring (bicyclic) bond motifs is 1. The van der Waals surface area contributed by atoms with Gasteiger partial charge in [0.05, 0.1) is 31.0 Å². The lowest BCUT2D eigenvalue weighted by Crippen LogP contribution is -2.36. The number of amides is 1. The number of anilines is 2. The third-order valence-corrected chi connectivity index (χ3v) is 4.55. The second kappa shape index (κ2) is 7.31. The lowest BCUT2D eigenvalue weighted by atomic mass is 10.1. The molecule has 0 atom stereocenters. The fraction of sp³-hybridized carbons (Fsp3) is 0.278. The zero-order chi connectivity index (χ0) is 17.9. The molecule has 0 spiro atoms. The Morgan fingerprint density at radius 3 is 2.58 bits per heavy atom. The van der Waals surface area contributed by atoms with E-state index in [0.717, 1.165) is 24.3 Å². The number of nitrogens with one attached hydrogen (secondary N) is 1. The average Bonchev–Trinajstić information content (AvgIpc) is 3.15. The fourth-order valence-corrected chi connectivity index (χ4v) is 3.12. The van der Waals surface area contributed by atoms with Crippen molar-refractivity contribution in [2.75, 3.05) is 36.5 Å². The molecule has 2 aromatic carbocycles. The highest BCUT2D eigenvalue weighted by Gasteiger charge is 2.19. The van der Waals surface area contributed by atoms with Gasteiger partial charge >= 0.3 is 0 Å². The van der Waals surface area contributed by atoms with Gasteiger partial charge in [-0.3, -0.25) is 4.79 Å². The summed E-state index contributed by atoms with van der Waals surface area (Å²) in [6.07, 6.45) is 0.245. The quantitative estimate of drug-likeness (QED) is 0.758. The third-order valence-electron chi connectivity index (χ3n) is 4.30. The van der Waals surface area contributed by atoms with Crippen LogP contribution >= 0.6 is 11.6 Å². The molecule has 1 aromatic heterocycles. The van der Waals surface area contributed by atoms with Crippen LogP contribution in [0.4, 0.5) is 11.4 Å². The van der Waals surface area contributed by atoms with E-state index in [9.17, 15) is 4.79 Å². The molecule has 0 radical (unpaired) electrons. The predicted molar refractivity (Wildman–Crippen MR) is 98.6 cm³/mol. The molecular weight excluding hydrogens is 356 g/mol. The number of rotatable bonds is 4. The fourth-order valence-electron chi connectivity index (χ4n) is 3.00. The summed E-state index contributed by atoms with van der Waals surface area (Å²) >= 11 is 5.87. The first kappa shape index (κ1) is 16.8. The summed E-state index contributed by atoms with van der Waals surface area (Å²) in [6, 6.07) is 10.9. The van der Waals surface area contributed by atoms with Gasteiger partial charge in [-0.05, 0) is 40.1 Å². The summed E-state index contributed by atoms with van der Waals surface area (Å²) in [4.78, 5) is 14.5. The van der Waals surface area contributed by atoms with E-state index >= 15 is 0 Å². The van der Waals surface area contributed by atoms with Gasteiger partial charge in [-0.2, -0.15) is 0 Å². The van der Waals surface area contributed by atoms with E-state index in [1.165, 1.54) is 0 Å². The number of carbonyl (C=O) groups is 1. The van der Waals surface area contributed by atoms with Crippen molar-refractivity contribution < 1.29 is 14.2 Å². The molecule has 7 nitrogen and oxygen atoms in total. The van der Waals surface area contributed by atoms with Gasteiger partial charge in [-0.1, -0.05) is 23.7 Å². The van der Waals surface area contributed by atoms with E-state index in [2.05, 4.69) is 20.5 Å². The molecule has 1 N–H and O–H groups in total. The molecule has 1 saturated heterocycles.